The third kappa shape index (κ3) is 18.1. The van der Waals surface area contributed by atoms with Gasteiger partial charge in [-0.2, -0.15) is 0 Å². The van der Waals surface area contributed by atoms with Gasteiger partial charge in [-0.25, -0.2) is 4.79 Å². The van der Waals surface area contributed by atoms with Crippen LogP contribution in [0.1, 0.15) is 139 Å². The molecule has 3 atom stereocenters. The summed E-state index contributed by atoms with van der Waals surface area (Å²) in [5.74, 6) is -3.67. The minimum atomic E-state index is -1.40. The lowest BCUT2D eigenvalue weighted by molar-refractivity contribution is -0.396. The fourth-order valence-corrected chi connectivity index (χ4v) is 8.41. The van der Waals surface area contributed by atoms with Crippen LogP contribution in [0.15, 0.2) is 71.6 Å². The van der Waals surface area contributed by atoms with Crippen molar-refractivity contribution in [3.05, 3.63) is 98.1 Å². The number of ether oxygens (including phenoxy) is 3. The number of unbranched alkanes of at least 4 members (excludes halogenated alkanes) is 11. The highest BCUT2D eigenvalue weighted by molar-refractivity contribution is 7.99. The number of non-ortho nitro benzene ring substituents is 1. The van der Waals surface area contributed by atoms with E-state index >= 15 is 0 Å². The Balaban J connectivity index is 1.45. The number of thioether (sulfide) groups is 1. The molecule has 0 fully saturated rings. The number of para-hydroxylation sites is 2. The average Bonchev–Trinajstić information content (AvgIpc) is 3.31. The van der Waals surface area contributed by atoms with E-state index in [0.717, 1.165) is 55.6 Å². The number of fused-ring (bicyclic) bond motifs is 1. The van der Waals surface area contributed by atoms with Crippen molar-refractivity contribution < 1.29 is 52.8 Å². The van der Waals surface area contributed by atoms with Crippen LogP contribution in [0, 0.1) is 20.2 Å². The minimum absolute atomic E-state index is 0.0185. The van der Waals surface area contributed by atoms with Crippen LogP contribution >= 0.6 is 11.8 Å². The number of esters is 2. The number of benzene rings is 3. The zero-order chi connectivity index (χ0) is 48.6. The number of amides is 3. The largest absolute Gasteiger partial charge is 0.484 e. The lowest BCUT2D eigenvalue weighted by Gasteiger charge is -2.27. The van der Waals surface area contributed by atoms with Gasteiger partial charge in [0.15, 0.2) is 5.78 Å². The summed E-state index contributed by atoms with van der Waals surface area (Å²) in [7, 11) is 0. The van der Waals surface area contributed by atoms with Crippen LogP contribution in [0.5, 0.6) is 11.5 Å². The van der Waals surface area contributed by atoms with Crippen LogP contribution in [0.2, 0.25) is 0 Å². The smallest absolute Gasteiger partial charge is 0.334 e. The molecule has 0 aliphatic carbocycles. The van der Waals surface area contributed by atoms with E-state index in [1.54, 1.807) is 49.4 Å². The number of nitrogens with zero attached hydrogens (tertiary/aromatic N) is 2. The van der Waals surface area contributed by atoms with Crippen molar-refractivity contribution in [1.82, 2.24) is 16.0 Å². The van der Waals surface area contributed by atoms with Crippen LogP contribution in [-0.2, 0) is 28.7 Å². The van der Waals surface area contributed by atoms with Gasteiger partial charge in [0, 0.05) is 30.2 Å². The molecule has 19 heteroatoms. The third-order valence-corrected chi connectivity index (χ3v) is 12.1. The summed E-state index contributed by atoms with van der Waals surface area (Å²) in [5, 5.41) is 30.7. The second kappa shape index (κ2) is 28.6. The molecular formula is C48H61N5O13S. The molecule has 0 saturated carbocycles. The van der Waals surface area contributed by atoms with Crippen molar-refractivity contribution in [3.8, 4) is 11.5 Å². The highest BCUT2D eigenvalue weighted by atomic mass is 32.2. The summed E-state index contributed by atoms with van der Waals surface area (Å²) in [6.07, 6.45) is 11.9. The quantitative estimate of drug-likeness (QED) is 0.0142. The van der Waals surface area contributed by atoms with Crippen LogP contribution in [-0.4, -0.2) is 76.3 Å². The van der Waals surface area contributed by atoms with E-state index in [0.29, 0.717) is 23.3 Å². The van der Waals surface area contributed by atoms with E-state index in [1.165, 1.54) is 51.0 Å². The molecule has 1 unspecified atom stereocenters. The SMILES string of the molecule is CCCCCCCCCCCCCCC(=O)N[C@@H](CCC(=O)N[C@@H](CSc1ccc([N+](=O)[O-])cc1[N+](=O)[O-])C(=O)NCC(=O)OCC)C(=O)Oc1ccccc1C1CC(=O)c2ccccc2O1. The molecule has 362 valence electrons. The molecular weight excluding hydrogens is 887 g/mol. The summed E-state index contributed by atoms with van der Waals surface area (Å²) in [6, 6.07) is 13.6. The van der Waals surface area contributed by atoms with Gasteiger partial charge >= 0.3 is 11.9 Å². The summed E-state index contributed by atoms with van der Waals surface area (Å²) < 4.78 is 16.9. The number of rotatable bonds is 30. The average molecular weight is 948 g/mol. The van der Waals surface area contributed by atoms with Crippen molar-refractivity contribution in [2.24, 2.45) is 0 Å². The summed E-state index contributed by atoms with van der Waals surface area (Å²) in [6.45, 7) is 3.28. The molecule has 3 N–H and O–H groups in total. The fraction of sp³-hybridized carbons (Fsp3) is 0.500. The molecule has 3 aromatic carbocycles. The maximum Gasteiger partial charge on any atom is 0.334 e. The van der Waals surface area contributed by atoms with Gasteiger partial charge in [0.2, 0.25) is 17.7 Å². The first-order valence-corrected chi connectivity index (χ1v) is 24.0. The van der Waals surface area contributed by atoms with Gasteiger partial charge in [-0.15, -0.1) is 11.8 Å². The molecule has 0 spiro atoms. The number of nitrogens with one attached hydrogen (secondary N) is 3. The summed E-state index contributed by atoms with van der Waals surface area (Å²) >= 11 is 0.767. The molecule has 0 saturated heterocycles. The van der Waals surface area contributed by atoms with Gasteiger partial charge in [0.1, 0.15) is 36.2 Å². The molecule has 0 bridgehead atoms. The standard InChI is InChI=1S/C48H61N5O13S/c1-3-5-6-7-8-9-10-11-12-13-14-15-24-44(55)50-36(48(59)66-41-23-19-17-21-35(41)42-30-39(54)34-20-16-18-22-40(34)65-42)26-28-45(56)51-37(47(58)49-31-46(57)64-4-2)32-67-43-27-25-33(52(60)61)29-38(43)53(62)63/h16-23,25,27,29,36-37,42H,3-15,24,26,28,30-32H2,1-2H3,(H,49,58)(H,50,55)(H,51,56)/t36-,37-,42?/m0/s1. The van der Waals surface area contributed by atoms with E-state index in [9.17, 15) is 49.0 Å². The van der Waals surface area contributed by atoms with Crippen molar-refractivity contribution in [2.45, 2.75) is 140 Å². The lowest BCUT2D eigenvalue weighted by Crippen LogP contribution is -2.50. The highest BCUT2D eigenvalue weighted by Crippen LogP contribution is 2.38. The van der Waals surface area contributed by atoms with Gasteiger partial charge < -0.3 is 30.2 Å². The van der Waals surface area contributed by atoms with Gasteiger partial charge in [-0.3, -0.25) is 44.2 Å². The van der Waals surface area contributed by atoms with Crippen molar-refractivity contribution in [3.63, 3.8) is 0 Å². The Kier molecular flexibility index (Phi) is 22.7. The Hall–Kier alpha value is -6.37. The minimum Gasteiger partial charge on any atom is -0.484 e. The summed E-state index contributed by atoms with van der Waals surface area (Å²) in [4.78, 5) is 101. The van der Waals surface area contributed by atoms with Gasteiger partial charge in [-0.1, -0.05) is 108 Å². The topological polar surface area (TPSA) is 252 Å². The monoisotopic (exact) mass is 947 g/mol. The molecule has 67 heavy (non-hydrogen) atoms. The zero-order valence-electron chi connectivity index (χ0n) is 38.1. The molecule has 3 amide bonds. The first kappa shape index (κ1) is 53.2. The van der Waals surface area contributed by atoms with Crippen LogP contribution in [0.3, 0.4) is 0 Å². The Bertz CT molecular complexity index is 2190. The molecule has 3 aromatic rings. The predicted octanol–water partition coefficient (Wildman–Crippen LogP) is 8.43. The van der Waals surface area contributed by atoms with E-state index < -0.39 is 82.0 Å². The number of carbonyl (C=O) groups is 6. The third-order valence-electron chi connectivity index (χ3n) is 11.0. The maximum absolute atomic E-state index is 14.0. The number of ketones is 1. The molecule has 1 heterocycles. The number of nitro groups is 2. The van der Waals surface area contributed by atoms with E-state index in [4.69, 9.17) is 14.2 Å². The van der Waals surface area contributed by atoms with E-state index in [1.807, 2.05) is 0 Å². The molecule has 4 rings (SSSR count). The van der Waals surface area contributed by atoms with Crippen LogP contribution < -0.4 is 25.4 Å². The zero-order valence-corrected chi connectivity index (χ0v) is 38.9. The first-order valence-electron chi connectivity index (χ1n) is 23.0. The second-order valence-corrected chi connectivity index (χ2v) is 17.2. The first-order chi connectivity index (χ1) is 32.3. The van der Waals surface area contributed by atoms with Crippen LogP contribution in [0.25, 0.3) is 0 Å². The van der Waals surface area contributed by atoms with Gasteiger partial charge in [0.25, 0.3) is 11.4 Å². The predicted molar refractivity (Wildman–Crippen MR) is 250 cm³/mol. The Morgan fingerprint density at radius 2 is 1.40 bits per heavy atom. The van der Waals surface area contributed by atoms with Crippen molar-refractivity contribution >= 4 is 58.6 Å². The molecule has 1 aliphatic rings. The molecule has 0 radical (unpaired) electrons. The van der Waals surface area contributed by atoms with Gasteiger partial charge in [0.05, 0.1) is 39.4 Å². The normalized spacial score (nSPS) is 13.8. The lowest BCUT2D eigenvalue weighted by atomic mass is 9.96. The Morgan fingerprint density at radius 3 is 2.07 bits per heavy atom. The fourth-order valence-electron chi connectivity index (χ4n) is 7.38. The molecule has 1 aliphatic heterocycles. The van der Waals surface area contributed by atoms with Crippen LogP contribution in [0.4, 0.5) is 11.4 Å². The maximum atomic E-state index is 14.0. The summed E-state index contributed by atoms with van der Waals surface area (Å²) in [5.41, 5.74) is -0.258. The number of hydrogen-bond donors (Lipinski definition) is 3. The Labute approximate surface area is 394 Å². The molecule has 0 aromatic heterocycles. The number of carbonyl (C=O) groups excluding carboxylic acids is 6. The molecule has 18 nitrogen and oxygen atoms in total. The number of Topliss-reactive ketones (excluding diaryl/α,β-unsaturated/α-hetero) is 1. The number of nitro benzene ring substituents is 2. The van der Waals surface area contributed by atoms with E-state index in [-0.39, 0.29) is 48.1 Å². The Morgan fingerprint density at radius 1 is 0.776 bits per heavy atom. The van der Waals surface area contributed by atoms with Gasteiger partial charge in [-0.05, 0) is 44.0 Å². The highest BCUT2D eigenvalue weighted by Gasteiger charge is 2.32. The van der Waals surface area contributed by atoms with Crippen molar-refractivity contribution in [2.75, 3.05) is 18.9 Å². The number of hydrogen-bond acceptors (Lipinski definition) is 14. The van der Waals surface area contributed by atoms with E-state index in [2.05, 4.69) is 22.9 Å². The second-order valence-electron chi connectivity index (χ2n) is 16.1. The van der Waals surface area contributed by atoms with Crippen molar-refractivity contribution in [1.29, 1.82) is 0 Å².